The molecule has 0 aliphatic heterocycles. The minimum Gasteiger partial charge on any atom is -0.386 e. The normalized spacial score (nSPS) is 11.2. The Hall–Kier alpha value is -1.18. The van der Waals surface area contributed by atoms with Crippen molar-refractivity contribution in [3.05, 3.63) is 36.7 Å². The van der Waals surface area contributed by atoms with Crippen molar-refractivity contribution < 1.29 is 0 Å². The van der Waals surface area contributed by atoms with Crippen LogP contribution in [0.5, 0.6) is 0 Å². The molecule has 0 aromatic carbocycles. The van der Waals surface area contributed by atoms with E-state index in [-0.39, 0.29) is 0 Å². The van der Waals surface area contributed by atoms with E-state index in [9.17, 15) is 0 Å². The maximum atomic E-state index is 3.97. The van der Waals surface area contributed by atoms with Gasteiger partial charge in [0.15, 0.2) is 0 Å². The first-order valence-electron chi connectivity index (χ1n) is 6.95. The lowest BCUT2D eigenvalue weighted by atomic mass is 10.1. The van der Waals surface area contributed by atoms with Gasteiger partial charge in [0.1, 0.15) is 0 Å². The van der Waals surface area contributed by atoms with Gasteiger partial charge in [-0.05, 0) is 36.8 Å². The quantitative estimate of drug-likeness (QED) is 0.576. The van der Waals surface area contributed by atoms with Crippen molar-refractivity contribution in [2.75, 3.05) is 13.1 Å². The molecule has 0 spiro atoms. The van der Waals surface area contributed by atoms with E-state index >= 15 is 0 Å². The summed E-state index contributed by atoms with van der Waals surface area (Å²) in [6.07, 6.45) is 6.29. The summed E-state index contributed by atoms with van der Waals surface area (Å²) in [6, 6.07) is 0. The summed E-state index contributed by atoms with van der Waals surface area (Å²) in [5.41, 5.74) is 1.89. The second-order valence-corrected chi connectivity index (χ2v) is 5.60. The minimum atomic E-state index is 0.724. The van der Waals surface area contributed by atoms with E-state index in [2.05, 4.69) is 51.5 Å². The van der Waals surface area contributed by atoms with Crippen LogP contribution in [0.4, 0.5) is 0 Å². The van der Waals surface area contributed by atoms with Crippen LogP contribution in [0.1, 0.15) is 40.5 Å². The molecule has 18 heavy (non-hydrogen) atoms. The molecule has 2 N–H and O–H groups in total. The van der Waals surface area contributed by atoms with Crippen molar-refractivity contribution in [2.45, 2.75) is 40.5 Å². The van der Waals surface area contributed by atoms with Crippen LogP contribution < -0.4 is 10.6 Å². The van der Waals surface area contributed by atoms with E-state index in [1.165, 1.54) is 12.8 Å². The average molecular weight is 250 g/mol. The number of hydrogen-bond donors (Lipinski definition) is 2. The molecule has 0 aromatic rings. The van der Waals surface area contributed by atoms with Gasteiger partial charge in [0, 0.05) is 24.5 Å². The molecule has 0 aromatic heterocycles. The van der Waals surface area contributed by atoms with Crippen LogP contribution in [0.2, 0.25) is 0 Å². The van der Waals surface area contributed by atoms with E-state index in [4.69, 9.17) is 0 Å². The lowest BCUT2D eigenvalue weighted by Gasteiger charge is -2.09. The Balaban J connectivity index is 3.71. The van der Waals surface area contributed by atoms with Crippen LogP contribution in [0, 0.1) is 11.8 Å². The number of hydrogen-bond acceptors (Lipinski definition) is 2. The molecule has 0 radical (unpaired) electrons. The molecule has 2 heteroatoms. The zero-order valence-electron chi connectivity index (χ0n) is 12.6. The lowest BCUT2D eigenvalue weighted by molar-refractivity contribution is 0.565. The first kappa shape index (κ1) is 16.8. The summed E-state index contributed by atoms with van der Waals surface area (Å²) in [5.74, 6) is 1.45. The number of rotatable bonds is 10. The van der Waals surface area contributed by atoms with Crippen molar-refractivity contribution in [2.24, 2.45) is 11.8 Å². The predicted octanol–water partition coefficient (Wildman–Crippen LogP) is 3.84. The van der Waals surface area contributed by atoms with Crippen LogP contribution in [0.25, 0.3) is 0 Å². The van der Waals surface area contributed by atoms with E-state index < -0.39 is 0 Å². The van der Waals surface area contributed by atoms with E-state index in [0.29, 0.717) is 0 Å². The van der Waals surface area contributed by atoms with Gasteiger partial charge in [-0.2, -0.15) is 0 Å². The Morgan fingerprint density at radius 2 is 1.17 bits per heavy atom. The van der Waals surface area contributed by atoms with Gasteiger partial charge >= 0.3 is 0 Å². The maximum absolute atomic E-state index is 3.97. The molecule has 104 valence electrons. The van der Waals surface area contributed by atoms with Gasteiger partial charge in [-0.1, -0.05) is 40.9 Å². The second-order valence-electron chi connectivity index (χ2n) is 5.60. The van der Waals surface area contributed by atoms with Gasteiger partial charge in [-0.25, -0.2) is 0 Å². The maximum Gasteiger partial charge on any atom is 0.0267 e. The molecule has 0 atom stereocenters. The summed E-state index contributed by atoms with van der Waals surface area (Å²) in [4.78, 5) is 0. The number of nitrogens with one attached hydrogen (secondary N) is 2. The first-order valence-corrected chi connectivity index (χ1v) is 6.95. The van der Waals surface area contributed by atoms with Gasteiger partial charge in [-0.3, -0.25) is 0 Å². The SMILES string of the molecule is C=C(/C=C\C(=C)NCCC(C)C)NCCC(C)C. The summed E-state index contributed by atoms with van der Waals surface area (Å²) in [6.45, 7) is 18.8. The fourth-order valence-corrected chi connectivity index (χ4v) is 1.36. The van der Waals surface area contributed by atoms with Crippen molar-refractivity contribution in [3.63, 3.8) is 0 Å². The Morgan fingerprint density at radius 3 is 1.44 bits per heavy atom. The molecule has 0 bridgehead atoms. The summed E-state index contributed by atoms with van der Waals surface area (Å²) in [5, 5.41) is 6.59. The highest BCUT2D eigenvalue weighted by Gasteiger charge is 1.95. The molecule has 0 amide bonds. The standard InChI is InChI=1S/C16H30N2/c1-13(2)9-11-17-15(5)7-8-16(6)18-12-10-14(3)4/h7-8,13-14,17-18H,5-6,9-12H2,1-4H3/b8-7-. The second kappa shape index (κ2) is 9.81. The van der Waals surface area contributed by atoms with Gasteiger partial charge in [0.2, 0.25) is 0 Å². The van der Waals surface area contributed by atoms with E-state index in [0.717, 1.165) is 36.3 Å². The van der Waals surface area contributed by atoms with Gasteiger partial charge < -0.3 is 10.6 Å². The largest absolute Gasteiger partial charge is 0.386 e. The third-order valence-corrected chi connectivity index (χ3v) is 2.63. The van der Waals surface area contributed by atoms with Crippen molar-refractivity contribution >= 4 is 0 Å². The monoisotopic (exact) mass is 250 g/mol. The molecule has 0 saturated carbocycles. The highest BCUT2D eigenvalue weighted by atomic mass is 14.9. The Bertz CT molecular complexity index is 247. The Morgan fingerprint density at radius 1 is 0.833 bits per heavy atom. The highest BCUT2D eigenvalue weighted by molar-refractivity contribution is 5.22. The zero-order chi connectivity index (χ0) is 14.0. The molecule has 0 unspecified atom stereocenters. The van der Waals surface area contributed by atoms with Gasteiger partial charge in [0.25, 0.3) is 0 Å². The first-order chi connectivity index (χ1) is 8.41. The van der Waals surface area contributed by atoms with Crippen molar-refractivity contribution in [1.29, 1.82) is 0 Å². The fraction of sp³-hybridized carbons (Fsp3) is 0.625. The molecule has 2 nitrogen and oxygen atoms in total. The van der Waals surface area contributed by atoms with Crippen LogP contribution in [0.3, 0.4) is 0 Å². The topological polar surface area (TPSA) is 24.1 Å². The van der Waals surface area contributed by atoms with E-state index in [1.54, 1.807) is 0 Å². The molecule has 0 heterocycles. The summed E-state index contributed by atoms with van der Waals surface area (Å²) < 4.78 is 0. The lowest BCUT2D eigenvalue weighted by Crippen LogP contribution is -2.16. The number of allylic oxidation sites excluding steroid dienone is 2. The molecule has 0 saturated heterocycles. The molecule has 0 fully saturated rings. The Labute approximate surface area is 113 Å². The van der Waals surface area contributed by atoms with Crippen LogP contribution in [-0.4, -0.2) is 13.1 Å². The van der Waals surface area contributed by atoms with Gasteiger partial charge in [-0.15, -0.1) is 0 Å². The molecular weight excluding hydrogens is 220 g/mol. The summed E-state index contributed by atoms with van der Waals surface area (Å²) in [7, 11) is 0. The molecular formula is C16H30N2. The molecule has 0 aliphatic rings. The van der Waals surface area contributed by atoms with Crippen LogP contribution in [-0.2, 0) is 0 Å². The zero-order valence-corrected chi connectivity index (χ0v) is 12.6. The van der Waals surface area contributed by atoms with E-state index in [1.807, 2.05) is 12.2 Å². The van der Waals surface area contributed by atoms with Gasteiger partial charge in [0.05, 0.1) is 0 Å². The average Bonchev–Trinajstić information content (AvgIpc) is 2.25. The van der Waals surface area contributed by atoms with Crippen molar-refractivity contribution in [1.82, 2.24) is 10.6 Å². The third kappa shape index (κ3) is 11.3. The molecule has 0 aliphatic carbocycles. The highest BCUT2D eigenvalue weighted by Crippen LogP contribution is 2.00. The fourth-order valence-electron chi connectivity index (χ4n) is 1.36. The van der Waals surface area contributed by atoms with Crippen LogP contribution >= 0.6 is 0 Å². The minimum absolute atomic E-state index is 0.724. The third-order valence-electron chi connectivity index (χ3n) is 2.63. The summed E-state index contributed by atoms with van der Waals surface area (Å²) >= 11 is 0. The predicted molar refractivity (Wildman–Crippen MR) is 82.3 cm³/mol. The smallest absolute Gasteiger partial charge is 0.0267 e. The van der Waals surface area contributed by atoms with Crippen molar-refractivity contribution in [3.8, 4) is 0 Å². The van der Waals surface area contributed by atoms with Crippen LogP contribution in [0.15, 0.2) is 36.7 Å². The molecule has 0 rings (SSSR count). The Kier molecular flexibility index (Phi) is 9.17.